The molecule has 0 radical (unpaired) electrons. The molecule has 1 aromatic carbocycles. The van der Waals surface area contributed by atoms with Crippen LogP contribution in [-0.2, 0) is 6.54 Å². The summed E-state index contributed by atoms with van der Waals surface area (Å²) in [5.74, 6) is 0.594. The van der Waals surface area contributed by atoms with Gasteiger partial charge in [-0.2, -0.15) is 10.2 Å². The molecule has 1 N–H and O–H groups in total. The number of thiazole rings is 1. The van der Waals surface area contributed by atoms with Gasteiger partial charge in [0.2, 0.25) is 5.88 Å². The summed E-state index contributed by atoms with van der Waals surface area (Å²) in [4.78, 5) is 7.28. The first-order valence-corrected chi connectivity index (χ1v) is 7.39. The van der Waals surface area contributed by atoms with E-state index in [2.05, 4.69) is 16.4 Å². The van der Waals surface area contributed by atoms with Crippen molar-refractivity contribution in [1.82, 2.24) is 4.98 Å². The number of hydrogen-bond donors (Lipinski definition) is 1. The summed E-state index contributed by atoms with van der Waals surface area (Å²) < 4.78 is 5.29. The second-order valence-corrected chi connectivity index (χ2v) is 5.98. The zero-order valence-corrected chi connectivity index (χ0v) is 13.5. The second kappa shape index (κ2) is 6.66. The lowest BCUT2D eigenvalue weighted by atomic mass is 10.2. The monoisotopic (exact) mass is 322 g/mol. The molecule has 21 heavy (non-hydrogen) atoms. The fourth-order valence-corrected chi connectivity index (χ4v) is 2.79. The number of aromatic nitrogens is 1. The van der Waals surface area contributed by atoms with Gasteiger partial charge in [-0.05, 0) is 18.2 Å². The zero-order chi connectivity index (χ0) is 15.4. The van der Waals surface area contributed by atoms with E-state index in [0.717, 1.165) is 10.0 Å². The summed E-state index contributed by atoms with van der Waals surface area (Å²) in [5, 5.41) is 13.8. The molecule has 2 aromatic rings. The van der Waals surface area contributed by atoms with Crippen molar-refractivity contribution in [3.05, 3.63) is 33.7 Å². The quantitative estimate of drug-likeness (QED) is 0.914. The van der Waals surface area contributed by atoms with E-state index in [0.29, 0.717) is 28.7 Å². The van der Waals surface area contributed by atoms with Crippen molar-refractivity contribution in [3.8, 4) is 11.9 Å². The average molecular weight is 323 g/mol. The van der Waals surface area contributed by atoms with Crippen LogP contribution in [0.3, 0.4) is 0 Å². The second-order valence-electron chi connectivity index (χ2n) is 4.48. The maximum absolute atomic E-state index is 9.11. The summed E-state index contributed by atoms with van der Waals surface area (Å²) in [6, 6.07) is 7.27. The van der Waals surface area contributed by atoms with Crippen LogP contribution in [0.5, 0.6) is 5.88 Å². The van der Waals surface area contributed by atoms with Crippen LogP contribution in [0.15, 0.2) is 18.2 Å². The van der Waals surface area contributed by atoms with Gasteiger partial charge in [0.15, 0.2) is 5.13 Å². The van der Waals surface area contributed by atoms with Crippen molar-refractivity contribution in [2.75, 3.05) is 31.4 Å². The Bertz CT molecular complexity index is 678. The smallest absolute Gasteiger partial charge is 0.231 e. The van der Waals surface area contributed by atoms with E-state index in [1.807, 2.05) is 19.0 Å². The van der Waals surface area contributed by atoms with Gasteiger partial charge in [-0.15, -0.1) is 0 Å². The fourth-order valence-electron chi connectivity index (χ4n) is 1.72. The third-order valence-corrected chi connectivity index (χ3v) is 4.21. The average Bonchev–Trinajstić information content (AvgIpc) is 2.88. The molecule has 0 spiro atoms. The predicted molar refractivity (Wildman–Crippen MR) is 86.5 cm³/mol. The number of anilines is 2. The highest BCUT2D eigenvalue weighted by atomic mass is 35.5. The summed E-state index contributed by atoms with van der Waals surface area (Å²) in [6.07, 6.45) is 0. The highest BCUT2D eigenvalue weighted by molar-refractivity contribution is 7.15. The van der Waals surface area contributed by atoms with Gasteiger partial charge in [0.1, 0.15) is 6.07 Å². The molecule has 1 heterocycles. The normalized spacial score (nSPS) is 10.0. The molecular weight excluding hydrogens is 308 g/mol. The molecule has 110 valence electrons. The minimum Gasteiger partial charge on any atom is -0.480 e. The van der Waals surface area contributed by atoms with Gasteiger partial charge in [0.25, 0.3) is 0 Å². The van der Waals surface area contributed by atoms with E-state index in [4.69, 9.17) is 21.6 Å². The molecule has 0 aliphatic carbocycles. The van der Waals surface area contributed by atoms with Gasteiger partial charge in [-0.3, -0.25) is 0 Å². The first kappa shape index (κ1) is 15.4. The lowest BCUT2D eigenvalue weighted by molar-refractivity contribution is 0.397. The van der Waals surface area contributed by atoms with Crippen molar-refractivity contribution in [3.63, 3.8) is 0 Å². The molecule has 5 nitrogen and oxygen atoms in total. The van der Waals surface area contributed by atoms with E-state index in [9.17, 15) is 0 Å². The minimum atomic E-state index is 0.518. The minimum absolute atomic E-state index is 0.518. The van der Waals surface area contributed by atoms with Gasteiger partial charge in [0, 0.05) is 19.1 Å². The van der Waals surface area contributed by atoms with Gasteiger partial charge >= 0.3 is 0 Å². The number of methoxy groups -OCH3 is 1. The van der Waals surface area contributed by atoms with Crippen molar-refractivity contribution in [1.29, 1.82) is 5.26 Å². The Morgan fingerprint density at radius 2 is 2.24 bits per heavy atom. The maximum atomic E-state index is 9.11. The van der Waals surface area contributed by atoms with Crippen LogP contribution >= 0.6 is 22.9 Å². The van der Waals surface area contributed by atoms with Crippen LogP contribution in [0.25, 0.3) is 0 Å². The Balaban J connectivity index is 2.20. The predicted octanol–water partition coefficient (Wildman–Crippen LogP) is 3.35. The van der Waals surface area contributed by atoms with Crippen molar-refractivity contribution in [2.45, 2.75) is 6.54 Å². The molecule has 7 heteroatoms. The first-order chi connectivity index (χ1) is 10.0. The Kier molecular flexibility index (Phi) is 4.89. The maximum Gasteiger partial charge on any atom is 0.231 e. The van der Waals surface area contributed by atoms with Gasteiger partial charge in [0.05, 0.1) is 29.8 Å². The number of hydrogen-bond acceptors (Lipinski definition) is 6. The first-order valence-electron chi connectivity index (χ1n) is 6.19. The highest BCUT2D eigenvalue weighted by Gasteiger charge is 2.13. The zero-order valence-electron chi connectivity index (χ0n) is 12.0. The van der Waals surface area contributed by atoms with Crippen molar-refractivity contribution >= 4 is 33.8 Å². The molecule has 0 fully saturated rings. The topological polar surface area (TPSA) is 61.2 Å². The molecular formula is C14H15ClN4OS. The number of ether oxygens (including phenoxy) is 1. The molecule has 0 aliphatic heterocycles. The van der Waals surface area contributed by atoms with Crippen molar-refractivity contribution < 1.29 is 4.74 Å². The molecule has 0 saturated heterocycles. The molecule has 0 atom stereocenters. The Hall–Kier alpha value is -1.97. The van der Waals surface area contributed by atoms with E-state index in [1.54, 1.807) is 36.6 Å². The van der Waals surface area contributed by atoms with Crippen LogP contribution in [0.1, 0.15) is 10.4 Å². The lowest BCUT2D eigenvalue weighted by Gasteiger charge is -2.08. The van der Waals surface area contributed by atoms with E-state index >= 15 is 0 Å². The van der Waals surface area contributed by atoms with Crippen LogP contribution in [0.4, 0.5) is 10.8 Å². The highest BCUT2D eigenvalue weighted by Crippen LogP contribution is 2.31. The molecule has 0 aliphatic rings. The molecule has 2 rings (SSSR count). The van der Waals surface area contributed by atoms with Crippen molar-refractivity contribution in [2.24, 2.45) is 0 Å². The van der Waals surface area contributed by atoms with E-state index in [1.165, 1.54) is 0 Å². The van der Waals surface area contributed by atoms with Crippen LogP contribution in [0, 0.1) is 11.3 Å². The number of halogens is 1. The SMILES string of the molecule is COc1nc(N(C)C)sc1CNc1cc(Cl)ccc1C#N. The Morgan fingerprint density at radius 1 is 1.48 bits per heavy atom. The van der Waals surface area contributed by atoms with Crippen LogP contribution in [0.2, 0.25) is 5.02 Å². The molecule has 0 saturated carbocycles. The van der Waals surface area contributed by atoms with E-state index in [-0.39, 0.29) is 0 Å². The summed E-state index contributed by atoms with van der Waals surface area (Å²) in [7, 11) is 5.46. The summed E-state index contributed by atoms with van der Waals surface area (Å²) in [6.45, 7) is 0.518. The standard InChI is InChI=1S/C14H15ClN4OS/c1-19(2)14-18-13(20-3)12(21-14)8-17-11-6-10(15)5-4-9(11)7-16/h4-6,17H,8H2,1-3H3. The van der Waals surface area contributed by atoms with Crippen LogP contribution < -0.4 is 15.0 Å². The van der Waals surface area contributed by atoms with Gasteiger partial charge < -0.3 is 15.0 Å². The number of nitrogens with zero attached hydrogens (tertiary/aromatic N) is 3. The fraction of sp³-hybridized carbons (Fsp3) is 0.286. The lowest BCUT2D eigenvalue weighted by Crippen LogP contribution is -2.07. The van der Waals surface area contributed by atoms with Crippen LogP contribution in [-0.4, -0.2) is 26.2 Å². The third kappa shape index (κ3) is 3.57. The molecule has 1 aromatic heterocycles. The summed E-state index contributed by atoms with van der Waals surface area (Å²) >= 11 is 7.51. The Labute approximate surface area is 132 Å². The molecule has 0 unspecified atom stereocenters. The van der Waals surface area contributed by atoms with Gasteiger partial charge in [-0.1, -0.05) is 22.9 Å². The van der Waals surface area contributed by atoms with E-state index < -0.39 is 0 Å². The number of nitriles is 1. The Morgan fingerprint density at radius 3 is 2.86 bits per heavy atom. The third-order valence-electron chi connectivity index (χ3n) is 2.77. The largest absolute Gasteiger partial charge is 0.480 e. The number of rotatable bonds is 5. The molecule has 0 amide bonds. The number of nitrogens with one attached hydrogen (secondary N) is 1. The van der Waals surface area contributed by atoms with Gasteiger partial charge in [-0.25, -0.2) is 0 Å². The number of benzene rings is 1. The molecule has 0 bridgehead atoms. The summed E-state index contributed by atoms with van der Waals surface area (Å²) in [5.41, 5.74) is 1.25.